The van der Waals surface area contributed by atoms with Gasteiger partial charge in [-0.15, -0.1) is 0 Å². The molecular weight excluding hydrogens is 282 g/mol. The Morgan fingerprint density at radius 1 is 0.652 bits per heavy atom. The summed E-state index contributed by atoms with van der Waals surface area (Å²) in [5.41, 5.74) is 5.62. The van der Waals surface area contributed by atoms with Crippen LogP contribution in [0.2, 0.25) is 0 Å². The topological polar surface area (TPSA) is 29.1 Å². The third-order valence-corrected chi connectivity index (χ3v) is 4.05. The number of para-hydroxylation sites is 1. The van der Waals surface area contributed by atoms with Gasteiger partial charge in [-0.1, -0.05) is 78.9 Å². The number of nitrogens with one attached hydrogen (secondary N) is 1. The Morgan fingerprint density at radius 2 is 1.17 bits per heavy atom. The van der Waals surface area contributed by atoms with Gasteiger partial charge in [0.15, 0.2) is 0 Å². The number of carbonyl (C=O) groups excluding carboxylic acids is 1. The third-order valence-electron chi connectivity index (χ3n) is 4.05. The normalized spacial score (nSPS) is 12.7. The molecule has 0 unspecified atom stereocenters. The zero-order valence-electron chi connectivity index (χ0n) is 12.5. The van der Waals surface area contributed by atoms with E-state index >= 15 is 0 Å². The number of hydrogen-bond acceptors (Lipinski definition) is 1. The first-order valence-corrected chi connectivity index (χ1v) is 7.60. The van der Waals surface area contributed by atoms with E-state index in [-0.39, 0.29) is 5.91 Å². The second-order valence-corrected chi connectivity index (χ2v) is 5.48. The first-order valence-electron chi connectivity index (χ1n) is 7.60. The van der Waals surface area contributed by atoms with Crippen molar-refractivity contribution in [3.63, 3.8) is 0 Å². The molecule has 0 fully saturated rings. The van der Waals surface area contributed by atoms with Crippen LogP contribution in [0.5, 0.6) is 0 Å². The summed E-state index contributed by atoms with van der Waals surface area (Å²) in [5.74, 6) is -0.0473. The minimum absolute atomic E-state index is 0.0473. The van der Waals surface area contributed by atoms with Crippen molar-refractivity contribution in [2.45, 2.75) is 0 Å². The Kier molecular flexibility index (Phi) is 3.28. The molecule has 0 saturated heterocycles. The van der Waals surface area contributed by atoms with E-state index in [1.165, 1.54) is 0 Å². The number of rotatable bonds is 2. The van der Waals surface area contributed by atoms with Crippen LogP contribution in [0.3, 0.4) is 0 Å². The summed E-state index contributed by atoms with van der Waals surface area (Å²) in [4.78, 5) is 12.7. The van der Waals surface area contributed by atoms with Gasteiger partial charge in [-0.3, -0.25) is 4.79 Å². The van der Waals surface area contributed by atoms with Gasteiger partial charge in [-0.25, -0.2) is 0 Å². The molecule has 0 aromatic heterocycles. The van der Waals surface area contributed by atoms with Gasteiger partial charge in [0.25, 0.3) is 5.91 Å². The molecule has 0 atom stereocenters. The van der Waals surface area contributed by atoms with Crippen molar-refractivity contribution in [3.05, 3.63) is 102 Å². The van der Waals surface area contributed by atoms with Gasteiger partial charge in [-0.05, 0) is 17.2 Å². The van der Waals surface area contributed by atoms with Crippen molar-refractivity contribution in [2.75, 3.05) is 5.32 Å². The highest BCUT2D eigenvalue weighted by atomic mass is 16.2. The predicted octanol–water partition coefficient (Wildman–Crippen LogP) is 4.60. The monoisotopic (exact) mass is 297 g/mol. The van der Waals surface area contributed by atoms with E-state index < -0.39 is 0 Å². The van der Waals surface area contributed by atoms with E-state index in [4.69, 9.17) is 0 Å². The average Bonchev–Trinajstić information content (AvgIpc) is 2.94. The van der Waals surface area contributed by atoms with Crippen LogP contribution < -0.4 is 5.32 Å². The van der Waals surface area contributed by atoms with Crippen LogP contribution in [-0.2, 0) is 4.79 Å². The molecule has 23 heavy (non-hydrogen) atoms. The minimum Gasteiger partial charge on any atom is -0.321 e. The number of carbonyl (C=O) groups is 1. The van der Waals surface area contributed by atoms with Crippen LogP contribution in [-0.4, -0.2) is 5.91 Å². The molecule has 110 valence electrons. The summed E-state index contributed by atoms with van der Waals surface area (Å²) < 4.78 is 0. The van der Waals surface area contributed by atoms with Crippen molar-refractivity contribution in [1.29, 1.82) is 0 Å². The van der Waals surface area contributed by atoms with E-state index in [0.29, 0.717) is 0 Å². The Labute approximate surface area is 135 Å². The number of anilines is 1. The lowest BCUT2D eigenvalue weighted by Crippen LogP contribution is -2.06. The lowest BCUT2D eigenvalue weighted by atomic mass is 9.90. The molecule has 0 aliphatic carbocycles. The number of hydrogen-bond donors (Lipinski definition) is 1. The number of benzene rings is 3. The Balaban J connectivity index is 2.05. The first kappa shape index (κ1) is 13.5. The van der Waals surface area contributed by atoms with Crippen LogP contribution in [0.4, 0.5) is 5.69 Å². The van der Waals surface area contributed by atoms with E-state index in [1.807, 2.05) is 84.9 Å². The summed E-state index contributed by atoms with van der Waals surface area (Å²) in [6, 6.07) is 28.0. The number of amides is 1. The summed E-state index contributed by atoms with van der Waals surface area (Å²) in [6.45, 7) is 0. The molecule has 2 nitrogen and oxygen atoms in total. The van der Waals surface area contributed by atoms with Crippen LogP contribution in [0, 0.1) is 0 Å². The van der Waals surface area contributed by atoms with Gasteiger partial charge in [0.2, 0.25) is 0 Å². The second-order valence-electron chi connectivity index (χ2n) is 5.48. The quantitative estimate of drug-likeness (QED) is 0.688. The molecule has 1 aliphatic heterocycles. The average molecular weight is 297 g/mol. The van der Waals surface area contributed by atoms with Gasteiger partial charge >= 0.3 is 0 Å². The van der Waals surface area contributed by atoms with Crippen LogP contribution in [0.25, 0.3) is 11.1 Å². The molecule has 1 aliphatic rings. The zero-order chi connectivity index (χ0) is 15.6. The van der Waals surface area contributed by atoms with Crippen LogP contribution >= 0.6 is 0 Å². The highest BCUT2D eigenvalue weighted by molar-refractivity contribution is 6.38. The number of fused-ring (bicyclic) bond motifs is 1. The van der Waals surface area contributed by atoms with Crippen molar-refractivity contribution in [1.82, 2.24) is 0 Å². The Hall–Kier alpha value is -3.13. The molecule has 3 aromatic carbocycles. The molecule has 1 N–H and O–H groups in total. The lowest BCUT2D eigenvalue weighted by molar-refractivity contribution is -0.110. The molecule has 1 heterocycles. The van der Waals surface area contributed by atoms with E-state index in [0.717, 1.165) is 33.5 Å². The van der Waals surface area contributed by atoms with Crippen LogP contribution in [0.15, 0.2) is 84.9 Å². The zero-order valence-corrected chi connectivity index (χ0v) is 12.5. The molecule has 1 amide bonds. The largest absolute Gasteiger partial charge is 0.321 e. The molecule has 3 aromatic rings. The lowest BCUT2D eigenvalue weighted by Gasteiger charge is -2.12. The van der Waals surface area contributed by atoms with Gasteiger partial charge in [-0.2, -0.15) is 0 Å². The Morgan fingerprint density at radius 3 is 1.78 bits per heavy atom. The van der Waals surface area contributed by atoms with Crippen molar-refractivity contribution >= 4 is 22.7 Å². The molecule has 0 saturated carbocycles. The first-order chi connectivity index (χ1) is 11.3. The summed E-state index contributed by atoms with van der Waals surface area (Å²) >= 11 is 0. The van der Waals surface area contributed by atoms with E-state index in [9.17, 15) is 4.79 Å². The summed E-state index contributed by atoms with van der Waals surface area (Å²) in [7, 11) is 0. The molecule has 4 rings (SSSR count). The highest BCUT2D eigenvalue weighted by Crippen LogP contribution is 2.39. The fourth-order valence-electron chi connectivity index (χ4n) is 3.03. The van der Waals surface area contributed by atoms with Gasteiger partial charge in [0, 0.05) is 16.8 Å². The smallest absolute Gasteiger partial charge is 0.257 e. The molecule has 0 spiro atoms. The van der Waals surface area contributed by atoms with Gasteiger partial charge in [0.1, 0.15) is 0 Å². The second kappa shape index (κ2) is 5.58. The summed E-state index contributed by atoms with van der Waals surface area (Å²) in [6.07, 6.45) is 0. The maximum absolute atomic E-state index is 12.7. The predicted molar refractivity (Wildman–Crippen MR) is 93.9 cm³/mol. The molecule has 2 heteroatoms. The molecular formula is C21H15NO. The van der Waals surface area contributed by atoms with Gasteiger partial charge in [0.05, 0.1) is 5.57 Å². The standard InChI is InChI=1S/C21H15NO/c23-21-20(17-13-7-8-14-18(17)22-21)19(15-9-3-1-4-10-15)16-11-5-2-6-12-16/h1-14H,(H,22,23). The van der Waals surface area contributed by atoms with Crippen molar-refractivity contribution in [2.24, 2.45) is 0 Å². The van der Waals surface area contributed by atoms with Crippen LogP contribution in [0.1, 0.15) is 16.7 Å². The Bertz CT molecular complexity index is 854. The molecule has 0 radical (unpaired) electrons. The van der Waals surface area contributed by atoms with E-state index in [2.05, 4.69) is 5.32 Å². The maximum atomic E-state index is 12.7. The maximum Gasteiger partial charge on any atom is 0.257 e. The minimum atomic E-state index is -0.0473. The van der Waals surface area contributed by atoms with Crippen molar-refractivity contribution in [3.8, 4) is 0 Å². The van der Waals surface area contributed by atoms with Crippen molar-refractivity contribution < 1.29 is 4.79 Å². The van der Waals surface area contributed by atoms with E-state index in [1.54, 1.807) is 0 Å². The SMILES string of the molecule is O=C1Nc2ccccc2C1=C(c1ccccc1)c1ccccc1. The third kappa shape index (κ3) is 2.34. The fraction of sp³-hybridized carbons (Fsp3) is 0. The highest BCUT2D eigenvalue weighted by Gasteiger charge is 2.28. The summed E-state index contributed by atoms with van der Waals surface area (Å²) in [5, 5.41) is 2.97. The molecule has 0 bridgehead atoms. The fourth-order valence-corrected chi connectivity index (χ4v) is 3.03. The van der Waals surface area contributed by atoms with Gasteiger partial charge < -0.3 is 5.32 Å².